The second kappa shape index (κ2) is 11.1. The molecule has 2 N–H and O–H groups in total. The van der Waals surface area contributed by atoms with Gasteiger partial charge in [-0.3, -0.25) is 9.59 Å². The fraction of sp³-hybridized carbons (Fsp3) is 0.227. The maximum Gasteiger partial charge on any atom is 0.270 e. The number of thiazole rings is 1. The Hall–Kier alpha value is -3.26. The van der Waals surface area contributed by atoms with Crippen LogP contribution in [0, 0.1) is 5.82 Å². The van der Waals surface area contributed by atoms with Crippen molar-refractivity contribution in [2.75, 3.05) is 13.2 Å². The third kappa shape index (κ3) is 6.66. The first kappa shape index (κ1) is 21.4. The molecule has 0 atom stereocenters. The monoisotopic (exact) mass is 427 g/mol. The Morgan fingerprint density at radius 1 is 1.03 bits per heavy atom. The number of nitrogens with zero attached hydrogens (tertiary/aromatic N) is 1. The van der Waals surface area contributed by atoms with Crippen LogP contribution in [0.1, 0.15) is 27.5 Å². The quantitative estimate of drug-likeness (QED) is 0.520. The van der Waals surface area contributed by atoms with Gasteiger partial charge in [0.2, 0.25) is 5.91 Å². The van der Waals surface area contributed by atoms with Gasteiger partial charge < -0.3 is 15.4 Å². The lowest BCUT2D eigenvalue weighted by molar-refractivity contribution is -0.121. The van der Waals surface area contributed by atoms with Gasteiger partial charge in [0.15, 0.2) is 0 Å². The zero-order valence-electron chi connectivity index (χ0n) is 16.3. The summed E-state index contributed by atoms with van der Waals surface area (Å²) < 4.78 is 19.1. The Bertz CT molecular complexity index is 979. The van der Waals surface area contributed by atoms with Crippen molar-refractivity contribution in [1.29, 1.82) is 0 Å². The number of hydrogen-bond donors (Lipinski definition) is 2. The third-order valence-electron chi connectivity index (χ3n) is 4.20. The van der Waals surface area contributed by atoms with Gasteiger partial charge in [0.25, 0.3) is 5.91 Å². The fourth-order valence-corrected chi connectivity index (χ4v) is 3.35. The minimum Gasteiger partial charge on any atom is -0.493 e. The molecule has 0 aliphatic heterocycles. The molecule has 0 saturated carbocycles. The number of benzene rings is 2. The third-order valence-corrected chi connectivity index (χ3v) is 5.05. The first-order valence-corrected chi connectivity index (χ1v) is 10.4. The van der Waals surface area contributed by atoms with E-state index < -0.39 is 0 Å². The minimum atomic E-state index is -0.323. The van der Waals surface area contributed by atoms with E-state index in [9.17, 15) is 14.0 Å². The molecule has 3 rings (SSSR count). The molecule has 0 unspecified atom stereocenters. The number of rotatable bonds is 10. The lowest BCUT2D eigenvalue weighted by atomic mass is 10.1. The summed E-state index contributed by atoms with van der Waals surface area (Å²) in [5.41, 5.74) is 0.834. The largest absolute Gasteiger partial charge is 0.493 e. The number of halogens is 1. The molecule has 8 heteroatoms. The Morgan fingerprint density at radius 2 is 1.80 bits per heavy atom. The van der Waals surface area contributed by atoms with Crippen LogP contribution in [0.3, 0.4) is 0 Å². The second-order valence-electron chi connectivity index (χ2n) is 6.41. The predicted molar refractivity (Wildman–Crippen MR) is 113 cm³/mol. The van der Waals surface area contributed by atoms with E-state index in [1.165, 1.54) is 17.4 Å². The highest BCUT2D eigenvalue weighted by Crippen LogP contribution is 2.11. The van der Waals surface area contributed by atoms with Crippen LogP contribution in [-0.4, -0.2) is 29.9 Å². The van der Waals surface area contributed by atoms with Crippen LogP contribution < -0.4 is 15.4 Å². The van der Waals surface area contributed by atoms with Crippen LogP contribution in [0.25, 0.3) is 0 Å². The van der Waals surface area contributed by atoms with E-state index in [0.29, 0.717) is 23.5 Å². The van der Waals surface area contributed by atoms with E-state index in [1.54, 1.807) is 23.6 Å². The van der Waals surface area contributed by atoms with Gasteiger partial charge >= 0.3 is 0 Å². The van der Waals surface area contributed by atoms with Gasteiger partial charge in [-0.1, -0.05) is 36.4 Å². The highest BCUT2D eigenvalue weighted by atomic mass is 32.1. The lowest BCUT2D eigenvalue weighted by Gasteiger charge is -2.06. The number of carbonyl (C=O) groups excluding carboxylic acids is 2. The molecule has 2 aromatic carbocycles. The molecule has 0 aliphatic carbocycles. The number of para-hydroxylation sites is 1. The van der Waals surface area contributed by atoms with Gasteiger partial charge in [-0.25, -0.2) is 9.37 Å². The van der Waals surface area contributed by atoms with Gasteiger partial charge in [-0.15, -0.1) is 11.3 Å². The molecule has 156 valence electrons. The summed E-state index contributed by atoms with van der Waals surface area (Å²) in [6.07, 6.45) is 0.625. The van der Waals surface area contributed by atoms with Crippen molar-refractivity contribution in [2.24, 2.45) is 0 Å². The molecule has 2 amide bonds. The van der Waals surface area contributed by atoms with Crippen LogP contribution in [0.2, 0.25) is 0 Å². The molecule has 0 bridgehead atoms. The maximum atomic E-state index is 13.6. The summed E-state index contributed by atoms with van der Waals surface area (Å²) in [7, 11) is 0. The Labute approximate surface area is 178 Å². The summed E-state index contributed by atoms with van der Waals surface area (Å²) >= 11 is 1.29. The summed E-state index contributed by atoms with van der Waals surface area (Å²) in [6, 6.07) is 15.8. The molecule has 30 heavy (non-hydrogen) atoms. The van der Waals surface area contributed by atoms with Gasteiger partial charge in [-0.2, -0.15) is 0 Å². The van der Waals surface area contributed by atoms with Crippen LogP contribution in [-0.2, 0) is 17.8 Å². The molecular formula is C22H22FN3O3S. The number of amides is 2. The molecule has 1 aromatic heterocycles. The number of ether oxygens (including phenoxy) is 1. The summed E-state index contributed by atoms with van der Waals surface area (Å²) in [5, 5.41) is 7.76. The van der Waals surface area contributed by atoms with E-state index in [0.717, 1.165) is 5.75 Å². The van der Waals surface area contributed by atoms with Crippen molar-refractivity contribution in [2.45, 2.75) is 19.4 Å². The van der Waals surface area contributed by atoms with Crippen molar-refractivity contribution in [3.8, 4) is 5.75 Å². The molecule has 0 fully saturated rings. The van der Waals surface area contributed by atoms with Gasteiger partial charge in [0, 0.05) is 11.9 Å². The number of carbonyl (C=O) groups is 2. The number of hydrogen-bond acceptors (Lipinski definition) is 5. The molecule has 0 radical (unpaired) electrons. The smallest absolute Gasteiger partial charge is 0.270 e. The van der Waals surface area contributed by atoms with E-state index in [2.05, 4.69) is 15.6 Å². The molecule has 0 aliphatic rings. The zero-order chi connectivity index (χ0) is 21.2. The van der Waals surface area contributed by atoms with E-state index in [1.807, 2.05) is 30.3 Å². The summed E-state index contributed by atoms with van der Waals surface area (Å²) in [5.74, 6) is -0.0445. The van der Waals surface area contributed by atoms with Gasteiger partial charge in [0.05, 0.1) is 19.6 Å². The molecule has 0 spiro atoms. The van der Waals surface area contributed by atoms with E-state index in [-0.39, 0.29) is 42.9 Å². The van der Waals surface area contributed by atoms with E-state index >= 15 is 0 Å². The lowest BCUT2D eigenvalue weighted by Crippen LogP contribution is -2.27. The highest BCUT2D eigenvalue weighted by Gasteiger charge is 2.11. The minimum absolute atomic E-state index is 0.156. The zero-order valence-corrected chi connectivity index (χ0v) is 17.1. The predicted octanol–water partition coefficient (Wildman–Crippen LogP) is 3.34. The van der Waals surface area contributed by atoms with Crippen molar-refractivity contribution in [3.63, 3.8) is 0 Å². The summed E-state index contributed by atoms with van der Waals surface area (Å²) in [6.45, 7) is 0.839. The van der Waals surface area contributed by atoms with Crippen molar-refractivity contribution in [1.82, 2.24) is 15.6 Å². The number of aromatic nitrogens is 1. The first-order valence-electron chi connectivity index (χ1n) is 9.52. The average molecular weight is 428 g/mol. The topological polar surface area (TPSA) is 80.3 Å². The van der Waals surface area contributed by atoms with Gasteiger partial charge in [-0.05, 0) is 30.2 Å². The Balaban J connectivity index is 1.36. The number of nitrogens with one attached hydrogen (secondary N) is 2. The SMILES string of the molecule is O=C(CCOc1ccccc1)NCc1nc(C(=O)NCCc2ccccc2F)cs1. The highest BCUT2D eigenvalue weighted by molar-refractivity contribution is 7.09. The molecule has 0 saturated heterocycles. The first-order chi connectivity index (χ1) is 14.6. The summed E-state index contributed by atoms with van der Waals surface area (Å²) in [4.78, 5) is 28.3. The average Bonchev–Trinajstić information content (AvgIpc) is 3.24. The van der Waals surface area contributed by atoms with Gasteiger partial charge in [0.1, 0.15) is 22.3 Å². The van der Waals surface area contributed by atoms with Crippen molar-refractivity contribution in [3.05, 3.63) is 82.1 Å². The molecule has 6 nitrogen and oxygen atoms in total. The fourth-order valence-electron chi connectivity index (χ4n) is 2.64. The van der Waals surface area contributed by atoms with Crippen LogP contribution in [0.4, 0.5) is 4.39 Å². The standard InChI is InChI=1S/C22H22FN3O3S/c23-18-9-5-4-6-16(18)10-12-24-22(28)19-15-30-21(26-19)14-25-20(27)11-13-29-17-7-2-1-3-8-17/h1-9,15H,10-14H2,(H,24,28)(H,25,27). The molecule has 3 aromatic rings. The van der Waals surface area contributed by atoms with Crippen LogP contribution in [0.15, 0.2) is 60.0 Å². The second-order valence-corrected chi connectivity index (χ2v) is 7.35. The normalized spacial score (nSPS) is 10.4. The Kier molecular flexibility index (Phi) is 7.91. The maximum absolute atomic E-state index is 13.6. The van der Waals surface area contributed by atoms with E-state index in [4.69, 9.17) is 4.74 Å². The Morgan fingerprint density at radius 3 is 2.60 bits per heavy atom. The molecule has 1 heterocycles. The van der Waals surface area contributed by atoms with Crippen molar-refractivity contribution >= 4 is 23.2 Å². The molecular weight excluding hydrogens is 405 g/mol. The van der Waals surface area contributed by atoms with Crippen LogP contribution in [0.5, 0.6) is 5.75 Å². The van der Waals surface area contributed by atoms with Crippen LogP contribution >= 0.6 is 11.3 Å². The van der Waals surface area contributed by atoms with Crippen molar-refractivity contribution < 1.29 is 18.7 Å².